The van der Waals surface area contributed by atoms with E-state index in [4.69, 9.17) is 25.9 Å². The molecule has 0 aromatic heterocycles. The molecule has 0 aliphatic rings. The van der Waals surface area contributed by atoms with Gasteiger partial charge in [0.05, 0.1) is 24.7 Å². The Labute approximate surface area is 215 Å². The number of hydrogen-bond donors (Lipinski definition) is 0. The molecule has 1 amide bonds. The summed E-state index contributed by atoms with van der Waals surface area (Å²) in [5.41, 5.74) is 4.21. The van der Waals surface area contributed by atoms with Crippen molar-refractivity contribution >= 4 is 41.0 Å². The van der Waals surface area contributed by atoms with Crippen molar-refractivity contribution in [3.05, 3.63) is 89.5 Å². The van der Waals surface area contributed by atoms with Crippen molar-refractivity contribution in [1.82, 2.24) is 0 Å². The van der Waals surface area contributed by atoms with E-state index in [1.54, 1.807) is 26.3 Å². The third-order valence-corrected chi connectivity index (χ3v) is 5.43. The molecule has 0 atom stereocenters. The van der Waals surface area contributed by atoms with Crippen LogP contribution in [-0.4, -0.2) is 45.0 Å². The average molecular weight is 507 g/mol. The molecule has 0 spiro atoms. The number of oxime groups is 1. The van der Waals surface area contributed by atoms with E-state index in [0.717, 1.165) is 11.1 Å². The predicted molar refractivity (Wildman–Crippen MR) is 144 cm³/mol. The van der Waals surface area contributed by atoms with Gasteiger partial charge in [-0.2, -0.15) is 10.2 Å². The number of hydrogen-bond acceptors (Lipinski definition) is 7. The van der Waals surface area contributed by atoms with Crippen LogP contribution in [0.15, 0.2) is 88.2 Å². The molecule has 3 aromatic rings. The molecular formula is C27H27ClN4O4. The lowest BCUT2D eigenvalue weighted by Gasteiger charge is -2.17. The molecule has 0 saturated heterocycles. The minimum Gasteiger partial charge on any atom is -0.457 e. The maximum absolute atomic E-state index is 11.9. The zero-order chi connectivity index (χ0) is 25.9. The van der Waals surface area contributed by atoms with Crippen molar-refractivity contribution in [2.75, 3.05) is 26.2 Å². The van der Waals surface area contributed by atoms with E-state index < -0.39 is 6.09 Å². The number of ether oxygens (including phenoxy) is 2. The molecule has 0 heterocycles. The van der Waals surface area contributed by atoms with Crippen molar-refractivity contribution in [3.63, 3.8) is 0 Å². The molecular weight excluding hydrogens is 480 g/mol. The van der Waals surface area contributed by atoms with Crippen LogP contribution in [0.5, 0.6) is 11.5 Å². The number of carbonyl (C=O) groups excluding carboxylic acids is 1. The number of benzene rings is 3. The Morgan fingerprint density at radius 2 is 1.61 bits per heavy atom. The highest BCUT2D eigenvalue weighted by Crippen LogP contribution is 2.23. The van der Waals surface area contributed by atoms with Crippen LogP contribution in [0, 0.1) is 0 Å². The highest BCUT2D eigenvalue weighted by Gasteiger charge is 2.13. The number of carbonyl (C=O) groups is 1. The first-order chi connectivity index (χ1) is 17.5. The normalized spacial score (nSPS) is 11.9. The average Bonchev–Trinajstić information content (AvgIpc) is 2.92. The Kier molecular flexibility index (Phi) is 9.59. The molecule has 8 nitrogen and oxygen atoms in total. The van der Waals surface area contributed by atoms with Gasteiger partial charge in [-0.05, 0) is 55.0 Å². The maximum Gasteiger partial charge on any atom is 0.413 e. The van der Waals surface area contributed by atoms with Crippen LogP contribution in [0.1, 0.15) is 23.6 Å². The number of anilines is 1. The Bertz CT molecular complexity index is 1260. The monoisotopic (exact) mass is 506 g/mol. The zero-order valence-electron chi connectivity index (χ0n) is 20.5. The molecule has 0 aliphatic carbocycles. The molecule has 0 radical (unpaired) electrons. The molecule has 36 heavy (non-hydrogen) atoms. The second kappa shape index (κ2) is 13.1. The maximum atomic E-state index is 11.9. The van der Waals surface area contributed by atoms with E-state index in [9.17, 15) is 4.79 Å². The number of para-hydroxylation sites is 1. The molecule has 186 valence electrons. The van der Waals surface area contributed by atoms with Crippen molar-refractivity contribution < 1.29 is 19.1 Å². The van der Waals surface area contributed by atoms with E-state index in [2.05, 4.69) is 15.4 Å². The largest absolute Gasteiger partial charge is 0.457 e. The van der Waals surface area contributed by atoms with Gasteiger partial charge in [0.25, 0.3) is 0 Å². The van der Waals surface area contributed by atoms with Crippen LogP contribution < -0.4 is 9.64 Å². The summed E-state index contributed by atoms with van der Waals surface area (Å²) in [4.78, 5) is 18.3. The van der Waals surface area contributed by atoms with E-state index in [1.807, 2.05) is 66.7 Å². The van der Waals surface area contributed by atoms with Gasteiger partial charge >= 0.3 is 6.09 Å². The molecule has 0 N–H and O–H groups in total. The van der Waals surface area contributed by atoms with Gasteiger partial charge in [0.2, 0.25) is 0 Å². The molecule has 0 aliphatic heterocycles. The summed E-state index contributed by atoms with van der Waals surface area (Å²) in [6.45, 7) is 1.78. The summed E-state index contributed by atoms with van der Waals surface area (Å²) in [6, 6.07) is 22.3. The van der Waals surface area contributed by atoms with Crippen LogP contribution in [-0.2, 0) is 15.5 Å². The summed E-state index contributed by atoms with van der Waals surface area (Å²) in [6.07, 6.45) is 1.08. The molecule has 0 bridgehead atoms. The van der Waals surface area contributed by atoms with E-state index in [-0.39, 0.29) is 0 Å². The summed E-state index contributed by atoms with van der Waals surface area (Å²) in [5.74, 6) is 1.85. The topological polar surface area (TPSA) is 85.1 Å². The third-order valence-electron chi connectivity index (χ3n) is 5.12. The molecule has 0 saturated carbocycles. The highest BCUT2D eigenvalue weighted by atomic mass is 35.5. The Morgan fingerprint density at radius 1 is 0.972 bits per heavy atom. The van der Waals surface area contributed by atoms with Gasteiger partial charge < -0.3 is 14.3 Å². The summed E-state index contributed by atoms with van der Waals surface area (Å²) < 4.78 is 10.7. The van der Waals surface area contributed by atoms with Crippen LogP contribution in [0.4, 0.5) is 10.5 Å². The molecule has 9 heteroatoms. The van der Waals surface area contributed by atoms with Crippen molar-refractivity contribution in [3.8, 4) is 11.5 Å². The second-order valence-corrected chi connectivity index (χ2v) is 7.81. The smallest absolute Gasteiger partial charge is 0.413 e. The van der Waals surface area contributed by atoms with Gasteiger partial charge in [0.1, 0.15) is 24.3 Å². The number of methoxy groups -OCH3 is 1. The van der Waals surface area contributed by atoms with Gasteiger partial charge in [-0.3, -0.25) is 4.90 Å². The van der Waals surface area contributed by atoms with E-state index >= 15 is 0 Å². The number of rotatable bonds is 9. The van der Waals surface area contributed by atoms with Crippen LogP contribution in [0.25, 0.3) is 0 Å². The third kappa shape index (κ3) is 6.93. The fraction of sp³-hybridized carbons (Fsp3) is 0.185. The summed E-state index contributed by atoms with van der Waals surface area (Å²) in [5, 5.41) is 12.6. The van der Waals surface area contributed by atoms with E-state index in [0.29, 0.717) is 40.1 Å². The van der Waals surface area contributed by atoms with Gasteiger partial charge in [-0.15, -0.1) is 11.6 Å². The second-order valence-electron chi connectivity index (χ2n) is 7.54. The lowest BCUT2D eigenvalue weighted by Crippen LogP contribution is -2.26. The van der Waals surface area contributed by atoms with Gasteiger partial charge in [-0.1, -0.05) is 35.5 Å². The summed E-state index contributed by atoms with van der Waals surface area (Å²) in [7, 11) is 4.42. The predicted octanol–water partition coefficient (Wildman–Crippen LogP) is 6.27. The SMILES string of the molecule is CO/N=C(/C(C)=N/N=C/c1ccccc1N(C)C(=O)OC)c1ccc(Oc2ccc(CCl)cc2)cc1. The van der Waals surface area contributed by atoms with Gasteiger partial charge in [-0.25, -0.2) is 4.79 Å². The first-order valence-corrected chi connectivity index (χ1v) is 11.5. The van der Waals surface area contributed by atoms with Crippen molar-refractivity contribution in [1.29, 1.82) is 0 Å². The van der Waals surface area contributed by atoms with Crippen LogP contribution in [0.2, 0.25) is 0 Å². The van der Waals surface area contributed by atoms with Crippen molar-refractivity contribution in [2.45, 2.75) is 12.8 Å². The van der Waals surface area contributed by atoms with Gasteiger partial charge in [0, 0.05) is 24.1 Å². The number of alkyl halides is 1. The van der Waals surface area contributed by atoms with Crippen LogP contribution in [0.3, 0.4) is 0 Å². The highest BCUT2D eigenvalue weighted by molar-refractivity contribution is 6.47. The number of halogens is 1. The Hall–Kier alpha value is -4.17. The minimum atomic E-state index is -0.482. The zero-order valence-corrected chi connectivity index (χ0v) is 21.3. The minimum absolute atomic E-state index is 0.457. The first-order valence-electron chi connectivity index (χ1n) is 11.0. The van der Waals surface area contributed by atoms with Gasteiger partial charge in [0.15, 0.2) is 0 Å². The number of nitrogens with zero attached hydrogens (tertiary/aromatic N) is 4. The number of amides is 1. The molecule has 0 fully saturated rings. The molecule has 0 unspecified atom stereocenters. The lowest BCUT2D eigenvalue weighted by atomic mass is 10.1. The molecule has 3 rings (SSSR count). The molecule has 3 aromatic carbocycles. The quantitative estimate of drug-likeness (QED) is 0.194. The lowest BCUT2D eigenvalue weighted by molar-refractivity contribution is 0.180. The Balaban J connectivity index is 1.77. The fourth-order valence-electron chi connectivity index (χ4n) is 3.24. The van der Waals surface area contributed by atoms with Crippen LogP contribution >= 0.6 is 11.6 Å². The summed E-state index contributed by atoms with van der Waals surface area (Å²) >= 11 is 5.84. The first kappa shape index (κ1) is 26.4. The standard InChI is InChI=1S/C27H27ClN4O4/c1-19(30-29-18-22-7-5-6-8-25(22)32(2)27(33)34-3)26(31-35-4)21-11-15-24(16-12-21)36-23-13-9-20(17-28)10-14-23/h5-16,18H,17H2,1-4H3/b29-18+,30-19+,31-26-. The van der Waals surface area contributed by atoms with Crippen molar-refractivity contribution in [2.24, 2.45) is 15.4 Å². The fourth-order valence-corrected chi connectivity index (χ4v) is 3.42. The Morgan fingerprint density at radius 3 is 2.22 bits per heavy atom. The van der Waals surface area contributed by atoms with E-state index in [1.165, 1.54) is 19.1 Å².